The number of carboxylic acids is 1. The van der Waals surface area contributed by atoms with Crippen LogP contribution in [0.3, 0.4) is 0 Å². The molecule has 1 saturated heterocycles. The lowest BCUT2D eigenvalue weighted by atomic mass is 9.97. The van der Waals surface area contributed by atoms with Crippen molar-refractivity contribution in [2.75, 3.05) is 11.4 Å². The van der Waals surface area contributed by atoms with Gasteiger partial charge in [-0.15, -0.1) is 0 Å². The van der Waals surface area contributed by atoms with Gasteiger partial charge in [-0.3, -0.25) is 14.4 Å². The van der Waals surface area contributed by atoms with Gasteiger partial charge in [-0.25, -0.2) is 9.69 Å². The molecule has 0 aromatic heterocycles. The van der Waals surface area contributed by atoms with Crippen LogP contribution in [0, 0.1) is 19.8 Å². The molecular weight excluding hydrogens is 422 g/mol. The Morgan fingerprint density at radius 1 is 1.12 bits per heavy atom. The fourth-order valence-corrected chi connectivity index (χ4v) is 4.38. The Kier molecular flexibility index (Phi) is 6.00. The van der Waals surface area contributed by atoms with Crippen LogP contribution in [0.4, 0.5) is 5.69 Å². The summed E-state index contributed by atoms with van der Waals surface area (Å²) in [6, 6.07) is 10.9. The second kappa shape index (κ2) is 8.90. The van der Waals surface area contributed by atoms with Crippen LogP contribution in [0.15, 0.2) is 54.2 Å². The van der Waals surface area contributed by atoms with E-state index < -0.39 is 23.8 Å². The number of fused-ring (bicyclic) bond motifs is 1. The number of carboxylic acid groups (broad SMARTS) is 1. The van der Waals surface area contributed by atoms with Crippen molar-refractivity contribution < 1.29 is 24.3 Å². The molecule has 0 saturated carbocycles. The fourth-order valence-electron chi connectivity index (χ4n) is 4.38. The lowest BCUT2D eigenvalue weighted by Crippen LogP contribution is -2.42. The molecule has 2 aliphatic rings. The van der Waals surface area contributed by atoms with E-state index in [0.29, 0.717) is 35.4 Å². The normalized spacial score (nSPS) is 18.3. The van der Waals surface area contributed by atoms with Crippen molar-refractivity contribution in [1.29, 1.82) is 0 Å². The summed E-state index contributed by atoms with van der Waals surface area (Å²) in [7, 11) is 0. The molecule has 2 aromatic carbocycles. The standard InChI is InChI=1S/C25H25N3O5/c1-14-4-3-5-15(2)21(14)22(29)27-20(25(32)33)12-16-6-8-17(9-7-16)28-23(30)18-10-11-26-13-19(18)24(28)31/h3-9,13,18,20,26H,10-12H2,1-2H3,(H,27,29)(H,32,33)/t18-,20+/m1/s1. The van der Waals surface area contributed by atoms with Crippen LogP contribution in [-0.2, 0) is 20.8 Å². The summed E-state index contributed by atoms with van der Waals surface area (Å²) in [5.74, 6) is -2.59. The number of hydrogen-bond donors (Lipinski definition) is 3. The first-order chi connectivity index (χ1) is 15.8. The third kappa shape index (κ3) is 4.24. The molecule has 33 heavy (non-hydrogen) atoms. The molecule has 1 fully saturated rings. The lowest BCUT2D eigenvalue weighted by Gasteiger charge is -2.18. The van der Waals surface area contributed by atoms with Gasteiger partial charge in [0.05, 0.1) is 11.6 Å². The molecule has 0 spiro atoms. The summed E-state index contributed by atoms with van der Waals surface area (Å²) >= 11 is 0. The van der Waals surface area contributed by atoms with Crippen molar-refractivity contribution in [2.45, 2.75) is 32.7 Å². The summed E-state index contributed by atoms with van der Waals surface area (Å²) in [6.07, 6.45) is 2.25. The number of benzene rings is 2. The molecule has 2 atom stereocenters. The van der Waals surface area contributed by atoms with Gasteiger partial charge in [-0.1, -0.05) is 30.3 Å². The van der Waals surface area contributed by atoms with Crippen LogP contribution in [0.2, 0.25) is 0 Å². The van der Waals surface area contributed by atoms with Crippen molar-refractivity contribution in [2.24, 2.45) is 5.92 Å². The van der Waals surface area contributed by atoms with Gasteiger partial charge >= 0.3 is 5.97 Å². The van der Waals surface area contributed by atoms with Crippen LogP contribution < -0.4 is 15.5 Å². The lowest BCUT2D eigenvalue weighted by molar-refractivity contribution is -0.139. The number of nitrogens with one attached hydrogen (secondary N) is 2. The first-order valence-electron chi connectivity index (χ1n) is 10.8. The highest BCUT2D eigenvalue weighted by Crippen LogP contribution is 2.33. The third-order valence-corrected chi connectivity index (χ3v) is 6.12. The number of aliphatic carboxylic acids is 1. The maximum Gasteiger partial charge on any atom is 0.326 e. The number of anilines is 1. The number of aryl methyl sites for hydroxylation is 2. The van der Waals surface area contributed by atoms with E-state index in [2.05, 4.69) is 10.6 Å². The first kappa shape index (κ1) is 22.3. The van der Waals surface area contributed by atoms with Crippen LogP contribution in [0.5, 0.6) is 0 Å². The molecule has 8 nitrogen and oxygen atoms in total. The summed E-state index contributed by atoms with van der Waals surface area (Å²) in [6.45, 7) is 4.25. The number of carbonyl (C=O) groups excluding carboxylic acids is 3. The molecule has 0 unspecified atom stereocenters. The van der Waals surface area contributed by atoms with Crippen LogP contribution >= 0.6 is 0 Å². The largest absolute Gasteiger partial charge is 0.480 e. The van der Waals surface area contributed by atoms with E-state index >= 15 is 0 Å². The molecule has 2 aliphatic heterocycles. The van der Waals surface area contributed by atoms with Crippen LogP contribution in [-0.4, -0.2) is 41.4 Å². The van der Waals surface area contributed by atoms with E-state index in [9.17, 15) is 24.3 Å². The van der Waals surface area contributed by atoms with Crippen molar-refractivity contribution in [3.8, 4) is 0 Å². The molecule has 3 amide bonds. The summed E-state index contributed by atoms with van der Waals surface area (Å²) in [5, 5.41) is 15.3. The van der Waals surface area contributed by atoms with Gasteiger partial charge < -0.3 is 15.7 Å². The maximum absolute atomic E-state index is 12.7. The molecular formula is C25H25N3O5. The Balaban J connectivity index is 1.49. The van der Waals surface area contributed by atoms with E-state index in [-0.39, 0.29) is 18.2 Å². The fraction of sp³-hybridized carbons (Fsp3) is 0.280. The molecule has 0 aliphatic carbocycles. The maximum atomic E-state index is 12.7. The number of carbonyl (C=O) groups is 4. The molecule has 2 heterocycles. The minimum atomic E-state index is -1.15. The van der Waals surface area contributed by atoms with Crippen LogP contribution in [0.1, 0.15) is 33.5 Å². The molecule has 8 heteroatoms. The van der Waals surface area contributed by atoms with E-state index in [1.54, 1.807) is 56.4 Å². The van der Waals surface area contributed by atoms with Gasteiger partial charge in [0.1, 0.15) is 6.04 Å². The number of imide groups is 1. The predicted octanol–water partition coefficient (Wildman–Crippen LogP) is 2.10. The first-order valence-corrected chi connectivity index (χ1v) is 10.8. The Labute approximate surface area is 191 Å². The van der Waals surface area contributed by atoms with Gasteiger partial charge in [0.15, 0.2) is 0 Å². The molecule has 4 rings (SSSR count). The molecule has 2 aromatic rings. The predicted molar refractivity (Wildman–Crippen MR) is 122 cm³/mol. The summed E-state index contributed by atoms with van der Waals surface area (Å²) < 4.78 is 0. The van der Waals surface area contributed by atoms with E-state index in [4.69, 9.17) is 0 Å². The Bertz CT molecular complexity index is 1150. The second-order valence-corrected chi connectivity index (χ2v) is 8.38. The highest BCUT2D eigenvalue weighted by atomic mass is 16.4. The molecule has 0 bridgehead atoms. The van der Waals surface area contributed by atoms with Crippen LogP contribution in [0.25, 0.3) is 0 Å². The quantitative estimate of drug-likeness (QED) is 0.584. The van der Waals surface area contributed by atoms with Gasteiger partial charge in [-0.05, 0) is 49.1 Å². The molecule has 3 N–H and O–H groups in total. The summed E-state index contributed by atoms with van der Waals surface area (Å²) in [4.78, 5) is 51.2. The topological polar surface area (TPSA) is 116 Å². The third-order valence-electron chi connectivity index (χ3n) is 6.12. The average molecular weight is 447 g/mol. The van der Waals surface area contributed by atoms with Gasteiger partial charge in [0, 0.05) is 30.3 Å². The van der Waals surface area contributed by atoms with E-state index in [0.717, 1.165) is 11.1 Å². The van der Waals surface area contributed by atoms with Gasteiger partial charge in [0.2, 0.25) is 5.91 Å². The second-order valence-electron chi connectivity index (χ2n) is 8.38. The minimum absolute atomic E-state index is 0.0614. The summed E-state index contributed by atoms with van der Waals surface area (Å²) in [5.41, 5.74) is 3.57. The minimum Gasteiger partial charge on any atom is -0.480 e. The Morgan fingerprint density at radius 3 is 2.39 bits per heavy atom. The highest BCUT2D eigenvalue weighted by molar-refractivity contribution is 6.29. The smallest absolute Gasteiger partial charge is 0.326 e. The van der Waals surface area contributed by atoms with E-state index in [1.807, 2.05) is 6.07 Å². The van der Waals surface area contributed by atoms with Crippen molar-refractivity contribution in [3.63, 3.8) is 0 Å². The van der Waals surface area contributed by atoms with Gasteiger partial charge in [-0.2, -0.15) is 0 Å². The van der Waals surface area contributed by atoms with Crippen molar-refractivity contribution in [1.82, 2.24) is 10.6 Å². The Hall–Kier alpha value is -3.94. The van der Waals surface area contributed by atoms with Crippen molar-refractivity contribution >= 4 is 29.4 Å². The highest BCUT2D eigenvalue weighted by Gasteiger charge is 2.44. The van der Waals surface area contributed by atoms with Crippen molar-refractivity contribution in [3.05, 3.63) is 76.5 Å². The zero-order chi connectivity index (χ0) is 23.7. The zero-order valence-electron chi connectivity index (χ0n) is 18.4. The number of nitrogens with zero attached hydrogens (tertiary/aromatic N) is 1. The monoisotopic (exact) mass is 447 g/mol. The Morgan fingerprint density at radius 2 is 1.79 bits per heavy atom. The molecule has 170 valence electrons. The molecule has 0 radical (unpaired) electrons. The zero-order valence-corrected chi connectivity index (χ0v) is 18.4. The van der Waals surface area contributed by atoms with E-state index in [1.165, 1.54) is 4.90 Å². The van der Waals surface area contributed by atoms with Gasteiger partial charge in [0.25, 0.3) is 11.8 Å². The number of rotatable bonds is 6. The number of amides is 3. The average Bonchev–Trinajstić information content (AvgIpc) is 3.04. The number of hydrogen-bond acceptors (Lipinski definition) is 5. The SMILES string of the molecule is Cc1cccc(C)c1C(=O)N[C@@H](Cc1ccc(N2C(=O)C3=CNCC[C@H]3C2=O)cc1)C(=O)O.